The Kier molecular flexibility index (Phi) is 48.7. The first kappa shape index (κ1) is 71.1. The zero-order chi connectivity index (χ0) is 56.1. The molecule has 1 rings (SSSR count). The maximum absolute atomic E-state index is 13.4. The molecule has 1 fully saturated rings. The lowest BCUT2D eigenvalue weighted by Crippen LogP contribution is -2.61. The van der Waals surface area contributed by atoms with E-state index in [2.05, 4.69) is 99.0 Å². The van der Waals surface area contributed by atoms with E-state index in [-0.39, 0.29) is 19.4 Å². The van der Waals surface area contributed by atoms with Gasteiger partial charge in [0, 0.05) is 6.42 Å². The van der Waals surface area contributed by atoms with E-state index in [1.165, 1.54) is 51.4 Å². The number of ether oxygens (including phenoxy) is 3. The van der Waals surface area contributed by atoms with E-state index in [9.17, 15) is 35.1 Å². The number of carbonyl (C=O) groups is 2. The van der Waals surface area contributed by atoms with Gasteiger partial charge in [-0.1, -0.05) is 245 Å². The summed E-state index contributed by atoms with van der Waals surface area (Å²) in [5.41, 5.74) is 0. The summed E-state index contributed by atoms with van der Waals surface area (Å²) in [6.45, 7) is 5.48. The van der Waals surface area contributed by atoms with Crippen LogP contribution in [-0.2, 0) is 23.8 Å². The van der Waals surface area contributed by atoms with Crippen molar-refractivity contribution in [2.45, 2.75) is 269 Å². The zero-order valence-corrected chi connectivity index (χ0v) is 48.3. The monoisotopic (exact) mass is 1080 g/mol. The van der Waals surface area contributed by atoms with Gasteiger partial charge >= 0.3 is 5.97 Å². The Balaban J connectivity index is 2.72. The molecule has 438 valence electrons. The molecule has 8 unspecified atom stereocenters. The largest absolute Gasteiger partial charge is 0.454 e. The summed E-state index contributed by atoms with van der Waals surface area (Å²) in [6, 6.07) is -1.05. The van der Waals surface area contributed by atoms with E-state index in [0.29, 0.717) is 12.8 Å². The normalized spacial score (nSPS) is 19.9. The number of aliphatic hydroxyl groups is 5. The van der Waals surface area contributed by atoms with Crippen molar-refractivity contribution in [3.8, 4) is 0 Å². The van der Waals surface area contributed by atoms with E-state index in [1.807, 2.05) is 42.5 Å². The predicted octanol–water partition coefficient (Wildman–Crippen LogP) is 14.3. The average molecular weight is 1080 g/mol. The number of hydrogen-bond acceptors (Lipinski definition) is 10. The van der Waals surface area contributed by atoms with Crippen molar-refractivity contribution >= 4 is 11.9 Å². The number of carbonyl (C=O) groups excluding carboxylic acids is 2. The van der Waals surface area contributed by atoms with E-state index in [1.54, 1.807) is 6.08 Å². The molecular weight excluding hydrogens is 967 g/mol. The van der Waals surface area contributed by atoms with Gasteiger partial charge in [-0.25, -0.2) is 0 Å². The second-order valence-electron chi connectivity index (χ2n) is 20.4. The Morgan fingerprint density at radius 3 is 1.56 bits per heavy atom. The van der Waals surface area contributed by atoms with Crippen LogP contribution >= 0.6 is 0 Å². The van der Waals surface area contributed by atoms with Crippen molar-refractivity contribution in [3.05, 3.63) is 122 Å². The predicted molar refractivity (Wildman–Crippen MR) is 319 cm³/mol. The molecule has 6 N–H and O–H groups in total. The van der Waals surface area contributed by atoms with Gasteiger partial charge in [0.25, 0.3) is 0 Å². The lowest BCUT2D eigenvalue weighted by atomic mass is 9.99. The molecule has 8 atom stereocenters. The number of rotatable bonds is 49. The van der Waals surface area contributed by atoms with Crippen molar-refractivity contribution in [2.24, 2.45) is 0 Å². The van der Waals surface area contributed by atoms with Gasteiger partial charge in [0.15, 0.2) is 12.4 Å². The van der Waals surface area contributed by atoms with Crippen LogP contribution in [0.25, 0.3) is 0 Å². The number of unbranched alkanes of at least 4 members (excludes halogenated alkanes) is 20. The number of esters is 1. The van der Waals surface area contributed by atoms with Gasteiger partial charge in [0.2, 0.25) is 5.91 Å². The topological polar surface area (TPSA) is 175 Å². The lowest BCUT2D eigenvalue weighted by Gasteiger charge is -2.41. The lowest BCUT2D eigenvalue weighted by molar-refractivity contribution is -0.305. The summed E-state index contributed by atoms with van der Waals surface area (Å²) in [7, 11) is 0. The first-order valence-electron chi connectivity index (χ1n) is 30.4. The van der Waals surface area contributed by atoms with Crippen LogP contribution in [0.1, 0.15) is 220 Å². The van der Waals surface area contributed by atoms with Gasteiger partial charge in [-0.3, -0.25) is 9.59 Å². The Hall–Kier alpha value is -3.94. The second-order valence-corrected chi connectivity index (χ2v) is 20.4. The highest BCUT2D eigenvalue weighted by atomic mass is 16.7. The molecule has 0 aliphatic carbocycles. The van der Waals surface area contributed by atoms with Gasteiger partial charge in [-0.05, 0) is 89.9 Å². The minimum atomic E-state index is -1.64. The molecular formula is C66H109NO10. The summed E-state index contributed by atoms with van der Waals surface area (Å²) in [4.78, 5) is 26.5. The van der Waals surface area contributed by atoms with Crippen LogP contribution in [0.2, 0.25) is 0 Å². The summed E-state index contributed by atoms with van der Waals surface area (Å²) < 4.78 is 17.5. The fraction of sp³-hybridized carbons (Fsp3) is 0.667. The van der Waals surface area contributed by atoms with Gasteiger partial charge in [-0.15, -0.1) is 0 Å². The van der Waals surface area contributed by atoms with Crippen LogP contribution in [0.3, 0.4) is 0 Å². The third-order valence-electron chi connectivity index (χ3n) is 13.5. The minimum Gasteiger partial charge on any atom is -0.454 e. The van der Waals surface area contributed by atoms with Gasteiger partial charge in [-0.2, -0.15) is 0 Å². The molecule has 0 spiro atoms. The molecule has 0 bridgehead atoms. The zero-order valence-electron chi connectivity index (χ0n) is 48.3. The van der Waals surface area contributed by atoms with Crippen molar-refractivity contribution in [2.75, 3.05) is 13.2 Å². The average Bonchev–Trinajstić information content (AvgIpc) is 3.43. The maximum Gasteiger partial charge on any atom is 0.306 e. The minimum absolute atomic E-state index is 0.0696. The molecule has 0 aromatic heterocycles. The van der Waals surface area contributed by atoms with Crippen molar-refractivity contribution in [1.29, 1.82) is 0 Å². The summed E-state index contributed by atoms with van der Waals surface area (Å²) in [6.07, 6.45) is 62.4. The van der Waals surface area contributed by atoms with E-state index < -0.39 is 67.4 Å². The maximum atomic E-state index is 13.4. The Labute approximate surface area is 468 Å². The van der Waals surface area contributed by atoms with E-state index in [4.69, 9.17) is 14.2 Å². The summed E-state index contributed by atoms with van der Waals surface area (Å²) >= 11 is 0. The molecule has 1 amide bonds. The fourth-order valence-corrected chi connectivity index (χ4v) is 8.69. The fourth-order valence-electron chi connectivity index (χ4n) is 8.69. The summed E-state index contributed by atoms with van der Waals surface area (Å²) in [5.74, 6) is -1.26. The number of hydrogen-bond donors (Lipinski definition) is 6. The van der Waals surface area contributed by atoms with Crippen LogP contribution in [-0.4, -0.2) is 99.6 Å². The van der Waals surface area contributed by atoms with Crippen molar-refractivity contribution < 1.29 is 49.3 Å². The molecule has 1 heterocycles. The third kappa shape index (κ3) is 40.8. The highest BCUT2D eigenvalue weighted by molar-refractivity contribution is 5.80. The second kappa shape index (κ2) is 52.7. The number of nitrogens with one attached hydrogen (secondary N) is 1. The molecule has 1 saturated heterocycles. The highest BCUT2D eigenvalue weighted by Gasteiger charge is 2.47. The number of allylic oxidation sites excluding steroid dienone is 19. The molecule has 11 heteroatoms. The van der Waals surface area contributed by atoms with Crippen LogP contribution in [0.5, 0.6) is 0 Å². The van der Waals surface area contributed by atoms with Gasteiger partial charge in [0.1, 0.15) is 24.4 Å². The molecule has 0 saturated carbocycles. The molecule has 1 aliphatic rings. The highest BCUT2D eigenvalue weighted by Crippen LogP contribution is 2.26. The molecule has 11 nitrogen and oxygen atoms in total. The summed E-state index contributed by atoms with van der Waals surface area (Å²) in [5, 5.41) is 56.9. The van der Waals surface area contributed by atoms with Crippen molar-refractivity contribution in [3.63, 3.8) is 0 Å². The third-order valence-corrected chi connectivity index (χ3v) is 13.5. The molecule has 0 radical (unpaired) electrons. The SMILES string of the molecule is CC/C=C\C/C=C\C/C=C\C/C=C\C/C=C\CCCCCCCCC(O)C(=O)NC(COC1OC(CO)C(O)C(O)C1OC(=O)CCCCC\C=C/C=C\C=C\C=C\CC)C(O)/C=C/CCCCCCCCCCCCC. The molecule has 0 aromatic carbocycles. The Bertz CT molecular complexity index is 1710. The first-order valence-corrected chi connectivity index (χ1v) is 30.4. The standard InChI is InChI=1S/C66H109NO10/c1-4-7-10-13-16-19-22-25-26-27-28-29-30-31-32-33-36-38-41-44-47-50-53-59(70)65(74)67-57(58(69)52-49-46-43-40-37-34-23-20-17-14-11-8-5-2)56-75-66-64(63(73)62(72)60(55-68)76-66)77-61(71)54-51-48-45-42-39-35-24-21-18-15-12-9-6-3/h7,9-10,12,15-16,18-19,21,24-26,28-29,31-32,35,39,49,52,57-60,62-64,66,68-70,72-73H,4-6,8,11,13-14,17,20,22-23,27,30,33-34,36-38,40-48,50-51,53-56H2,1-3H3,(H,67,74)/b10-7-,12-9+,18-15+,19-16-,24-21-,26-25-,29-28-,32-31-,39-35-,52-49+. The first-order chi connectivity index (χ1) is 37.7. The Morgan fingerprint density at radius 1 is 0.532 bits per heavy atom. The van der Waals surface area contributed by atoms with Crippen LogP contribution in [0.4, 0.5) is 0 Å². The molecule has 1 aliphatic heterocycles. The van der Waals surface area contributed by atoms with E-state index >= 15 is 0 Å². The quantitative estimate of drug-likeness (QED) is 0.0149. The molecule has 0 aromatic rings. The van der Waals surface area contributed by atoms with Gasteiger partial charge in [0.05, 0.1) is 25.4 Å². The van der Waals surface area contributed by atoms with Crippen LogP contribution in [0, 0.1) is 0 Å². The van der Waals surface area contributed by atoms with Crippen molar-refractivity contribution in [1.82, 2.24) is 5.32 Å². The van der Waals surface area contributed by atoms with E-state index in [0.717, 1.165) is 122 Å². The van der Waals surface area contributed by atoms with Crippen LogP contribution in [0.15, 0.2) is 122 Å². The smallest absolute Gasteiger partial charge is 0.306 e. The molecule has 77 heavy (non-hydrogen) atoms. The van der Waals surface area contributed by atoms with Gasteiger partial charge < -0.3 is 45.1 Å². The number of amides is 1. The number of aliphatic hydroxyl groups excluding tert-OH is 5. The Morgan fingerprint density at radius 2 is 1.00 bits per heavy atom. The van der Waals surface area contributed by atoms with Crippen LogP contribution < -0.4 is 5.32 Å².